The highest BCUT2D eigenvalue weighted by Gasteiger charge is 2.48. The van der Waals surface area contributed by atoms with Gasteiger partial charge in [0, 0.05) is 23.2 Å². The van der Waals surface area contributed by atoms with E-state index in [0.717, 1.165) is 36.3 Å². The van der Waals surface area contributed by atoms with E-state index in [9.17, 15) is 24.3 Å². The van der Waals surface area contributed by atoms with E-state index in [2.05, 4.69) is 11.4 Å². The molecule has 4 atom stereocenters. The number of benzene rings is 3. The molecule has 212 valence electrons. The van der Waals surface area contributed by atoms with E-state index < -0.39 is 47.3 Å². The van der Waals surface area contributed by atoms with Gasteiger partial charge in [0.25, 0.3) is 0 Å². The summed E-state index contributed by atoms with van der Waals surface area (Å²) in [5.74, 6) is -1.58. The second-order valence-electron chi connectivity index (χ2n) is 10.9. The Morgan fingerprint density at radius 3 is 2.46 bits per heavy atom. The first-order chi connectivity index (χ1) is 19.6. The number of nitrogens with two attached hydrogens (primary N) is 2. The summed E-state index contributed by atoms with van der Waals surface area (Å²) in [6.45, 7) is 0. The molecule has 3 aromatic carbocycles. The van der Waals surface area contributed by atoms with Crippen molar-refractivity contribution in [3.8, 4) is 6.07 Å². The number of urea groups is 1. The lowest BCUT2D eigenvalue weighted by molar-refractivity contribution is -0.121. The minimum absolute atomic E-state index is 0.0225. The number of hydrogen-bond donors (Lipinski definition) is 4. The Morgan fingerprint density at radius 2 is 1.80 bits per heavy atom. The molecule has 4 unspecified atom stereocenters. The number of rotatable bonds is 8. The number of likely N-dealkylation sites (tertiary alicyclic amines) is 1. The maximum absolute atomic E-state index is 16.7. The van der Waals surface area contributed by atoms with Crippen LogP contribution in [-0.4, -0.2) is 34.1 Å². The molecule has 6 N–H and O–H groups in total. The van der Waals surface area contributed by atoms with Crippen molar-refractivity contribution < 1.29 is 23.5 Å². The Labute approximate surface area is 236 Å². The maximum atomic E-state index is 16.7. The van der Waals surface area contributed by atoms with Crippen LogP contribution in [-0.2, 0) is 10.3 Å². The number of hydrogen-bond acceptors (Lipinski definition) is 5. The molecule has 1 saturated carbocycles. The molecule has 0 bridgehead atoms. The number of aliphatic hydroxyl groups is 1. The minimum Gasteiger partial charge on any atom is -0.391 e. The molecule has 3 aromatic rings. The molecule has 0 aromatic heterocycles. The van der Waals surface area contributed by atoms with Crippen LogP contribution in [0.1, 0.15) is 60.4 Å². The van der Waals surface area contributed by atoms with E-state index in [1.807, 2.05) is 0 Å². The lowest BCUT2D eigenvalue weighted by Gasteiger charge is -2.34. The van der Waals surface area contributed by atoms with Gasteiger partial charge >= 0.3 is 6.03 Å². The average molecular weight is 560 g/mol. The lowest BCUT2D eigenvalue weighted by atomic mass is 9.77. The van der Waals surface area contributed by atoms with Crippen LogP contribution in [0.2, 0.25) is 0 Å². The first-order valence-electron chi connectivity index (χ1n) is 13.5. The highest BCUT2D eigenvalue weighted by molar-refractivity contribution is 5.94. The van der Waals surface area contributed by atoms with Gasteiger partial charge in [-0.2, -0.15) is 5.26 Å². The van der Waals surface area contributed by atoms with Crippen LogP contribution in [0.4, 0.5) is 19.3 Å². The predicted molar refractivity (Wildman–Crippen MR) is 148 cm³/mol. The van der Waals surface area contributed by atoms with Gasteiger partial charge in [-0.15, -0.1) is 0 Å². The van der Waals surface area contributed by atoms with Gasteiger partial charge in [0.1, 0.15) is 17.7 Å². The highest BCUT2D eigenvalue weighted by atomic mass is 19.1. The molecular formula is C31H31F2N5O3. The number of primary amides is 1. The first kappa shape index (κ1) is 28.2. The largest absolute Gasteiger partial charge is 0.391 e. The molecule has 2 fully saturated rings. The van der Waals surface area contributed by atoms with E-state index >= 15 is 4.39 Å². The van der Waals surface area contributed by atoms with Gasteiger partial charge in [0.2, 0.25) is 5.91 Å². The van der Waals surface area contributed by atoms with Crippen molar-refractivity contribution in [2.45, 2.75) is 55.8 Å². The van der Waals surface area contributed by atoms with E-state index in [0.29, 0.717) is 23.5 Å². The summed E-state index contributed by atoms with van der Waals surface area (Å²) in [7, 11) is 0. The summed E-state index contributed by atoms with van der Waals surface area (Å²) in [6, 6.07) is 15.2. The summed E-state index contributed by atoms with van der Waals surface area (Å²) < 4.78 is 30.1. The summed E-state index contributed by atoms with van der Waals surface area (Å²) in [6.07, 6.45) is 1.84. The Kier molecular flexibility index (Phi) is 7.76. The third-order valence-corrected chi connectivity index (χ3v) is 8.10. The van der Waals surface area contributed by atoms with E-state index in [1.54, 1.807) is 36.4 Å². The average Bonchev–Trinajstić information content (AvgIpc) is 3.73. The number of halogens is 2. The predicted octanol–water partition coefficient (Wildman–Crippen LogP) is 4.42. The van der Waals surface area contributed by atoms with Gasteiger partial charge in [0.15, 0.2) is 0 Å². The Morgan fingerprint density at radius 1 is 1.10 bits per heavy atom. The van der Waals surface area contributed by atoms with E-state index in [1.165, 1.54) is 18.2 Å². The number of nitrogens with one attached hydrogen (secondary N) is 1. The normalized spacial score (nSPS) is 21.6. The third kappa shape index (κ3) is 5.64. The first-order valence-corrected chi connectivity index (χ1v) is 13.5. The van der Waals surface area contributed by atoms with Gasteiger partial charge in [-0.1, -0.05) is 43.2 Å². The number of amides is 3. The molecule has 5 rings (SSSR count). The van der Waals surface area contributed by atoms with Crippen molar-refractivity contribution in [1.82, 2.24) is 4.90 Å². The number of nitriles is 1. The van der Waals surface area contributed by atoms with Crippen molar-refractivity contribution in [2.24, 2.45) is 17.4 Å². The summed E-state index contributed by atoms with van der Waals surface area (Å²) in [5.41, 5.74) is 12.6. The standard InChI is InChI=1S/C31H31F2N5O3/c32-21-9-11-22(12-10-21)37-30(41)38-25(29(35)40)16-26(39)28(38)23-5-2-6-24(27(23)33)31(36,14-13-18-7-8-18)20-4-1-3-19(15-20)17-34/h1-6,9-12,15,18,25-26,28,39H,7-8,13-14,16,36H2,(H2,35,40)(H,37,41). The van der Waals surface area contributed by atoms with Crippen LogP contribution in [0, 0.1) is 28.9 Å². The summed E-state index contributed by atoms with van der Waals surface area (Å²) >= 11 is 0. The van der Waals surface area contributed by atoms with Crippen LogP contribution in [0.3, 0.4) is 0 Å². The van der Waals surface area contributed by atoms with Crippen LogP contribution in [0.25, 0.3) is 0 Å². The monoisotopic (exact) mass is 559 g/mol. The molecule has 41 heavy (non-hydrogen) atoms. The molecule has 2 aliphatic rings. The number of carbonyl (C=O) groups excluding carboxylic acids is 2. The fourth-order valence-electron chi connectivity index (χ4n) is 5.71. The molecule has 0 spiro atoms. The third-order valence-electron chi connectivity index (χ3n) is 8.10. The molecule has 1 aliphatic heterocycles. The number of anilines is 1. The van der Waals surface area contributed by atoms with Gasteiger partial charge < -0.3 is 26.8 Å². The van der Waals surface area contributed by atoms with Crippen LogP contribution >= 0.6 is 0 Å². The number of carbonyl (C=O) groups is 2. The van der Waals surface area contributed by atoms with E-state index in [-0.39, 0.29) is 23.2 Å². The zero-order valence-corrected chi connectivity index (χ0v) is 22.3. The van der Waals surface area contributed by atoms with Crippen molar-refractivity contribution in [3.05, 3.63) is 101 Å². The molecule has 0 radical (unpaired) electrons. The number of aliphatic hydroxyl groups excluding tert-OH is 1. The molecular weight excluding hydrogens is 528 g/mol. The van der Waals surface area contributed by atoms with Gasteiger partial charge in [0.05, 0.1) is 29.3 Å². The zero-order chi connectivity index (χ0) is 29.3. The second-order valence-corrected chi connectivity index (χ2v) is 10.9. The van der Waals surface area contributed by atoms with Gasteiger partial charge in [-0.25, -0.2) is 13.6 Å². The maximum Gasteiger partial charge on any atom is 0.323 e. The molecule has 1 heterocycles. The quantitative estimate of drug-likeness (QED) is 0.323. The SMILES string of the molecule is N#Cc1cccc(C(N)(CCC2CC2)c2cccc(C3C(O)CC(C(N)=O)N3C(=O)Nc3ccc(F)cc3)c2F)c1. The van der Waals surface area contributed by atoms with Crippen molar-refractivity contribution >= 4 is 17.6 Å². The fraction of sp³-hybridized carbons (Fsp3) is 0.323. The smallest absolute Gasteiger partial charge is 0.323 e. The molecule has 10 heteroatoms. The number of nitrogens with zero attached hydrogens (tertiary/aromatic N) is 2. The molecule has 3 amide bonds. The molecule has 1 saturated heterocycles. The Balaban J connectivity index is 1.57. The second kappa shape index (κ2) is 11.3. The Bertz CT molecular complexity index is 1500. The summed E-state index contributed by atoms with van der Waals surface area (Å²) in [4.78, 5) is 26.8. The van der Waals surface area contributed by atoms with Crippen molar-refractivity contribution in [1.29, 1.82) is 5.26 Å². The van der Waals surface area contributed by atoms with Gasteiger partial charge in [-0.3, -0.25) is 4.79 Å². The van der Waals surface area contributed by atoms with Crippen LogP contribution in [0.5, 0.6) is 0 Å². The van der Waals surface area contributed by atoms with E-state index in [4.69, 9.17) is 11.5 Å². The minimum atomic E-state index is -1.31. The molecule has 8 nitrogen and oxygen atoms in total. The topological polar surface area (TPSA) is 145 Å². The molecule has 1 aliphatic carbocycles. The summed E-state index contributed by atoms with van der Waals surface area (Å²) in [5, 5.41) is 23.1. The zero-order valence-electron chi connectivity index (χ0n) is 22.3. The lowest BCUT2D eigenvalue weighted by Crippen LogP contribution is -2.47. The van der Waals surface area contributed by atoms with Crippen molar-refractivity contribution in [3.63, 3.8) is 0 Å². The van der Waals surface area contributed by atoms with Gasteiger partial charge in [-0.05, 0) is 60.7 Å². The Hall–Kier alpha value is -4.33. The van der Waals surface area contributed by atoms with Crippen molar-refractivity contribution in [2.75, 3.05) is 5.32 Å². The van der Waals surface area contributed by atoms with Crippen LogP contribution in [0.15, 0.2) is 66.7 Å². The highest BCUT2D eigenvalue weighted by Crippen LogP contribution is 2.44. The van der Waals surface area contributed by atoms with Crippen LogP contribution < -0.4 is 16.8 Å². The fourth-order valence-corrected chi connectivity index (χ4v) is 5.71.